The van der Waals surface area contributed by atoms with Gasteiger partial charge < -0.3 is 15.1 Å². The van der Waals surface area contributed by atoms with Gasteiger partial charge in [-0.3, -0.25) is 0 Å². The van der Waals surface area contributed by atoms with E-state index < -0.39 is 0 Å². The molecule has 17 heavy (non-hydrogen) atoms. The molecule has 0 saturated carbocycles. The molecule has 1 aliphatic heterocycles. The second-order valence-electron chi connectivity index (χ2n) is 4.69. The Bertz CT molecular complexity index is 347. The summed E-state index contributed by atoms with van der Waals surface area (Å²) in [4.78, 5) is 13.0. The Kier molecular flexibility index (Phi) is 4.14. The van der Waals surface area contributed by atoms with Crippen molar-refractivity contribution in [1.82, 2.24) is 14.9 Å². The van der Waals surface area contributed by atoms with Crippen molar-refractivity contribution in [2.45, 2.75) is 12.8 Å². The number of hydrogen-bond donors (Lipinski definition) is 1. The van der Waals surface area contributed by atoms with Gasteiger partial charge in [0.1, 0.15) is 18.0 Å². The van der Waals surface area contributed by atoms with Crippen LogP contribution in [0.4, 0.5) is 11.6 Å². The first-order valence-electron chi connectivity index (χ1n) is 6.21. The van der Waals surface area contributed by atoms with Crippen LogP contribution in [-0.4, -0.2) is 55.1 Å². The Morgan fingerprint density at radius 2 is 2.06 bits per heavy atom. The van der Waals surface area contributed by atoms with Crippen LogP contribution >= 0.6 is 0 Å². The molecule has 0 atom stereocenters. The van der Waals surface area contributed by atoms with Gasteiger partial charge in [0.2, 0.25) is 0 Å². The largest absolute Gasteiger partial charge is 0.369 e. The van der Waals surface area contributed by atoms with Crippen molar-refractivity contribution in [3.63, 3.8) is 0 Å². The van der Waals surface area contributed by atoms with E-state index in [0.29, 0.717) is 0 Å². The van der Waals surface area contributed by atoms with Crippen molar-refractivity contribution >= 4 is 11.6 Å². The Morgan fingerprint density at radius 1 is 1.29 bits per heavy atom. The molecule has 0 unspecified atom stereocenters. The smallest absolute Gasteiger partial charge is 0.134 e. The molecule has 0 amide bonds. The molecule has 1 fully saturated rings. The lowest BCUT2D eigenvalue weighted by atomic mass is 10.4. The van der Waals surface area contributed by atoms with Crippen molar-refractivity contribution in [3.05, 3.63) is 12.4 Å². The zero-order valence-corrected chi connectivity index (χ0v) is 10.7. The summed E-state index contributed by atoms with van der Waals surface area (Å²) in [6, 6.07) is 2.04. The Balaban J connectivity index is 1.91. The van der Waals surface area contributed by atoms with Gasteiger partial charge in [0.05, 0.1) is 0 Å². The van der Waals surface area contributed by atoms with Crippen molar-refractivity contribution in [2.24, 2.45) is 0 Å². The van der Waals surface area contributed by atoms with E-state index in [1.807, 2.05) is 6.07 Å². The Morgan fingerprint density at radius 3 is 2.76 bits per heavy atom. The number of likely N-dealkylation sites (N-methyl/N-ethyl adjacent to an activating group) is 1. The molecule has 0 aromatic carbocycles. The number of nitrogens with one attached hydrogen (secondary N) is 1. The predicted molar refractivity (Wildman–Crippen MR) is 70.5 cm³/mol. The average Bonchev–Trinajstić information content (AvgIpc) is 2.82. The first-order valence-corrected chi connectivity index (χ1v) is 6.21. The summed E-state index contributed by atoms with van der Waals surface area (Å²) < 4.78 is 0. The third-order valence-corrected chi connectivity index (χ3v) is 2.95. The van der Waals surface area contributed by atoms with Gasteiger partial charge in [0.15, 0.2) is 0 Å². The Labute approximate surface area is 103 Å². The molecule has 2 rings (SSSR count). The summed E-state index contributed by atoms with van der Waals surface area (Å²) in [5.74, 6) is 1.97. The summed E-state index contributed by atoms with van der Waals surface area (Å²) in [6.07, 6.45) is 4.19. The van der Waals surface area contributed by atoms with Crippen LogP contribution in [0.1, 0.15) is 12.8 Å². The van der Waals surface area contributed by atoms with Crippen LogP contribution in [0.3, 0.4) is 0 Å². The summed E-state index contributed by atoms with van der Waals surface area (Å²) in [5.41, 5.74) is 0. The minimum absolute atomic E-state index is 0.906. The van der Waals surface area contributed by atoms with Gasteiger partial charge >= 0.3 is 0 Å². The van der Waals surface area contributed by atoms with E-state index in [1.165, 1.54) is 12.8 Å². The van der Waals surface area contributed by atoms with Gasteiger partial charge in [-0.2, -0.15) is 0 Å². The fourth-order valence-electron chi connectivity index (χ4n) is 1.97. The van der Waals surface area contributed by atoms with Gasteiger partial charge in [-0.1, -0.05) is 0 Å². The summed E-state index contributed by atoms with van der Waals surface area (Å²) in [6.45, 7) is 4.15. The SMILES string of the molecule is CN(C)CCNc1cc(N2CCCC2)ncn1. The topological polar surface area (TPSA) is 44.3 Å². The number of nitrogens with zero attached hydrogens (tertiary/aromatic N) is 4. The second-order valence-corrected chi connectivity index (χ2v) is 4.69. The molecule has 0 spiro atoms. The van der Waals surface area contributed by atoms with Gasteiger partial charge in [0, 0.05) is 32.2 Å². The maximum Gasteiger partial charge on any atom is 0.134 e. The zero-order valence-electron chi connectivity index (χ0n) is 10.7. The third kappa shape index (κ3) is 3.56. The van der Waals surface area contributed by atoms with Crippen LogP contribution in [0.15, 0.2) is 12.4 Å². The highest BCUT2D eigenvalue weighted by Crippen LogP contribution is 2.18. The summed E-state index contributed by atoms with van der Waals surface area (Å²) >= 11 is 0. The second kappa shape index (κ2) is 5.82. The molecule has 5 heteroatoms. The van der Waals surface area contributed by atoms with Crippen molar-refractivity contribution < 1.29 is 0 Å². The lowest BCUT2D eigenvalue weighted by Gasteiger charge is -2.17. The van der Waals surface area contributed by atoms with Crippen LogP contribution < -0.4 is 10.2 Å². The number of aromatic nitrogens is 2. The van der Waals surface area contributed by atoms with Crippen molar-refractivity contribution in [3.8, 4) is 0 Å². The third-order valence-electron chi connectivity index (χ3n) is 2.95. The molecular weight excluding hydrogens is 214 g/mol. The van der Waals surface area contributed by atoms with Crippen LogP contribution in [0.2, 0.25) is 0 Å². The molecule has 0 aliphatic carbocycles. The fourth-order valence-corrected chi connectivity index (χ4v) is 1.97. The minimum atomic E-state index is 0.906. The van der Waals surface area contributed by atoms with Crippen LogP contribution in [-0.2, 0) is 0 Å². The molecule has 1 saturated heterocycles. The van der Waals surface area contributed by atoms with Gasteiger partial charge in [-0.15, -0.1) is 0 Å². The molecule has 5 nitrogen and oxygen atoms in total. The quantitative estimate of drug-likeness (QED) is 0.826. The van der Waals surface area contributed by atoms with E-state index in [1.54, 1.807) is 6.33 Å². The molecule has 1 aliphatic rings. The van der Waals surface area contributed by atoms with E-state index >= 15 is 0 Å². The maximum absolute atomic E-state index is 4.33. The van der Waals surface area contributed by atoms with E-state index in [9.17, 15) is 0 Å². The lowest BCUT2D eigenvalue weighted by Crippen LogP contribution is -2.22. The molecule has 1 aromatic heterocycles. The minimum Gasteiger partial charge on any atom is -0.369 e. The molecule has 2 heterocycles. The normalized spacial score (nSPS) is 15.6. The van der Waals surface area contributed by atoms with Crippen molar-refractivity contribution in [2.75, 3.05) is 50.5 Å². The average molecular weight is 235 g/mol. The van der Waals surface area contributed by atoms with E-state index in [2.05, 4.69) is 39.2 Å². The van der Waals surface area contributed by atoms with E-state index in [-0.39, 0.29) is 0 Å². The number of anilines is 2. The molecular formula is C12H21N5. The van der Waals surface area contributed by atoms with E-state index in [0.717, 1.165) is 37.8 Å². The summed E-state index contributed by atoms with van der Waals surface area (Å²) in [7, 11) is 4.13. The van der Waals surface area contributed by atoms with Gasteiger partial charge in [0.25, 0.3) is 0 Å². The van der Waals surface area contributed by atoms with Crippen LogP contribution in [0, 0.1) is 0 Å². The standard InChI is InChI=1S/C12H21N5/c1-16(2)8-5-13-11-9-12(15-10-14-11)17-6-3-4-7-17/h9-10H,3-8H2,1-2H3,(H,13,14,15). The van der Waals surface area contributed by atoms with Gasteiger partial charge in [-0.05, 0) is 26.9 Å². The maximum atomic E-state index is 4.33. The predicted octanol–water partition coefficient (Wildman–Crippen LogP) is 1.05. The highest BCUT2D eigenvalue weighted by molar-refractivity contribution is 5.48. The molecule has 0 radical (unpaired) electrons. The first-order chi connectivity index (χ1) is 8.25. The monoisotopic (exact) mass is 235 g/mol. The summed E-state index contributed by atoms with van der Waals surface area (Å²) in [5, 5.41) is 3.32. The molecule has 0 bridgehead atoms. The van der Waals surface area contributed by atoms with Crippen LogP contribution in [0.25, 0.3) is 0 Å². The number of rotatable bonds is 5. The first kappa shape index (κ1) is 12.1. The highest BCUT2D eigenvalue weighted by Gasteiger charge is 2.13. The highest BCUT2D eigenvalue weighted by atomic mass is 15.2. The fraction of sp³-hybridized carbons (Fsp3) is 0.667. The van der Waals surface area contributed by atoms with Crippen LogP contribution in [0.5, 0.6) is 0 Å². The molecule has 1 aromatic rings. The van der Waals surface area contributed by atoms with Gasteiger partial charge in [-0.25, -0.2) is 9.97 Å². The number of hydrogen-bond acceptors (Lipinski definition) is 5. The van der Waals surface area contributed by atoms with E-state index in [4.69, 9.17) is 0 Å². The lowest BCUT2D eigenvalue weighted by molar-refractivity contribution is 0.425. The Hall–Kier alpha value is -1.36. The zero-order chi connectivity index (χ0) is 12.1. The molecule has 1 N–H and O–H groups in total. The van der Waals surface area contributed by atoms with Crippen molar-refractivity contribution in [1.29, 1.82) is 0 Å². The molecule has 94 valence electrons.